The molecule has 0 aliphatic carbocycles. The van der Waals surface area contributed by atoms with Crippen molar-refractivity contribution in [3.63, 3.8) is 0 Å². The molecule has 104 valence electrons. The van der Waals surface area contributed by atoms with Gasteiger partial charge in [0.15, 0.2) is 0 Å². The molecule has 0 unspecified atom stereocenters. The summed E-state index contributed by atoms with van der Waals surface area (Å²) in [6, 6.07) is 6.95. The number of hydrogen-bond acceptors (Lipinski definition) is 4. The molecule has 0 spiro atoms. The minimum Gasteiger partial charge on any atom is -0.493 e. The lowest BCUT2D eigenvalue weighted by atomic mass is 10.1. The number of nitro groups is 1. The molecule has 2 aromatic rings. The molecule has 0 bridgehead atoms. The van der Waals surface area contributed by atoms with Crippen molar-refractivity contribution in [2.24, 2.45) is 0 Å². The third-order valence-electron chi connectivity index (χ3n) is 2.64. The Kier molecular flexibility index (Phi) is 4.24. The first-order chi connectivity index (χ1) is 9.61. The molecule has 5 nitrogen and oxygen atoms in total. The monoisotopic (exact) mass is 276 g/mol. The van der Waals surface area contributed by atoms with E-state index >= 15 is 0 Å². The van der Waals surface area contributed by atoms with Crippen LogP contribution in [0.15, 0.2) is 36.5 Å². The first-order valence-corrected chi connectivity index (χ1v) is 6.15. The summed E-state index contributed by atoms with van der Waals surface area (Å²) < 4.78 is 18.9. The quantitative estimate of drug-likeness (QED) is 0.618. The summed E-state index contributed by atoms with van der Waals surface area (Å²) in [6.45, 7) is 2.47. The van der Waals surface area contributed by atoms with E-state index in [9.17, 15) is 14.5 Å². The van der Waals surface area contributed by atoms with Gasteiger partial charge in [0.25, 0.3) is 5.69 Å². The fourth-order valence-electron chi connectivity index (χ4n) is 1.69. The van der Waals surface area contributed by atoms with Crippen LogP contribution < -0.4 is 4.74 Å². The van der Waals surface area contributed by atoms with Gasteiger partial charge in [-0.2, -0.15) is 0 Å². The Balaban J connectivity index is 2.39. The minimum atomic E-state index is -0.531. The molecule has 0 saturated carbocycles. The molecule has 20 heavy (non-hydrogen) atoms. The molecule has 1 heterocycles. The first kappa shape index (κ1) is 13.9. The highest BCUT2D eigenvalue weighted by Gasteiger charge is 2.12. The van der Waals surface area contributed by atoms with Crippen LogP contribution in [0.1, 0.15) is 13.3 Å². The molecular weight excluding hydrogens is 263 g/mol. The third kappa shape index (κ3) is 3.09. The molecule has 0 saturated heterocycles. The van der Waals surface area contributed by atoms with Crippen molar-refractivity contribution >= 4 is 5.69 Å². The lowest BCUT2D eigenvalue weighted by Crippen LogP contribution is -1.98. The number of rotatable bonds is 5. The maximum absolute atomic E-state index is 13.4. The molecule has 1 aromatic heterocycles. The number of ether oxygens (including phenoxy) is 1. The van der Waals surface area contributed by atoms with Crippen LogP contribution in [-0.4, -0.2) is 16.5 Å². The zero-order chi connectivity index (χ0) is 14.5. The number of halogens is 1. The highest BCUT2D eigenvalue weighted by Crippen LogP contribution is 2.30. The lowest BCUT2D eigenvalue weighted by molar-refractivity contribution is -0.385. The summed E-state index contributed by atoms with van der Waals surface area (Å²) in [5.41, 5.74) is 0.802. The van der Waals surface area contributed by atoms with Crippen molar-refractivity contribution in [3.05, 3.63) is 52.5 Å². The maximum Gasteiger partial charge on any atom is 0.287 e. The maximum atomic E-state index is 13.4. The second kappa shape index (κ2) is 6.10. The zero-order valence-corrected chi connectivity index (χ0v) is 10.9. The van der Waals surface area contributed by atoms with Crippen LogP contribution in [0, 0.1) is 15.9 Å². The summed E-state index contributed by atoms with van der Waals surface area (Å²) in [5, 5.41) is 10.6. The van der Waals surface area contributed by atoms with Gasteiger partial charge < -0.3 is 4.74 Å². The normalized spacial score (nSPS) is 10.3. The topological polar surface area (TPSA) is 65.3 Å². The zero-order valence-electron chi connectivity index (χ0n) is 10.9. The number of hydrogen-bond donors (Lipinski definition) is 0. The molecule has 0 atom stereocenters. The highest BCUT2D eigenvalue weighted by atomic mass is 19.1. The van der Waals surface area contributed by atoms with E-state index in [0.717, 1.165) is 12.6 Å². The molecule has 1 aromatic carbocycles. The van der Waals surface area contributed by atoms with Crippen LogP contribution in [0.4, 0.5) is 10.1 Å². The Hall–Kier alpha value is -2.50. The number of pyridine rings is 1. The van der Waals surface area contributed by atoms with Crippen LogP contribution in [-0.2, 0) is 0 Å². The highest BCUT2D eigenvalue weighted by molar-refractivity contribution is 5.67. The van der Waals surface area contributed by atoms with E-state index in [4.69, 9.17) is 4.74 Å². The first-order valence-electron chi connectivity index (χ1n) is 6.15. The van der Waals surface area contributed by atoms with E-state index in [2.05, 4.69) is 4.98 Å². The summed E-state index contributed by atoms with van der Waals surface area (Å²) in [7, 11) is 0. The summed E-state index contributed by atoms with van der Waals surface area (Å²) >= 11 is 0. The van der Waals surface area contributed by atoms with Crippen molar-refractivity contribution in [2.45, 2.75) is 13.3 Å². The van der Waals surface area contributed by atoms with E-state index in [1.54, 1.807) is 0 Å². The number of nitrogens with zero attached hydrogens (tertiary/aromatic N) is 2. The van der Waals surface area contributed by atoms with Gasteiger partial charge in [0.1, 0.15) is 17.8 Å². The van der Waals surface area contributed by atoms with Gasteiger partial charge in [-0.3, -0.25) is 10.1 Å². The molecule has 0 radical (unpaired) electrons. The van der Waals surface area contributed by atoms with Gasteiger partial charge in [-0.25, -0.2) is 9.37 Å². The van der Waals surface area contributed by atoms with Gasteiger partial charge in [0, 0.05) is 11.6 Å². The van der Waals surface area contributed by atoms with Gasteiger partial charge >= 0.3 is 0 Å². The molecule has 2 rings (SSSR count). The second-order valence-electron chi connectivity index (χ2n) is 4.15. The lowest BCUT2D eigenvalue weighted by Gasteiger charge is -2.10. The second-order valence-corrected chi connectivity index (χ2v) is 4.15. The molecule has 0 amide bonds. The van der Waals surface area contributed by atoms with E-state index in [0.29, 0.717) is 23.6 Å². The fraction of sp³-hybridized carbons (Fsp3) is 0.214. The largest absolute Gasteiger partial charge is 0.493 e. The summed E-state index contributed by atoms with van der Waals surface area (Å²) in [5.74, 6) is 0.0959. The Morgan fingerprint density at radius 2 is 2.15 bits per heavy atom. The third-order valence-corrected chi connectivity index (χ3v) is 2.64. The minimum absolute atomic E-state index is 0.110. The van der Waals surface area contributed by atoms with Crippen LogP contribution >= 0.6 is 0 Å². The Bertz CT molecular complexity index is 614. The van der Waals surface area contributed by atoms with Crippen molar-refractivity contribution in [3.8, 4) is 17.0 Å². The molecule has 0 aliphatic rings. The molecule has 0 N–H and O–H groups in total. The van der Waals surface area contributed by atoms with Crippen molar-refractivity contribution in [1.29, 1.82) is 0 Å². The smallest absolute Gasteiger partial charge is 0.287 e. The number of aromatic nitrogens is 1. The predicted molar refractivity (Wildman–Crippen MR) is 72.1 cm³/mol. The molecular formula is C14H13FN2O3. The Labute approximate surface area is 115 Å². The average molecular weight is 276 g/mol. The van der Waals surface area contributed by atoms with Crippen molar-refractivity contribution in [1.82, 2.24) is 4.98 Å². The van der Waals surface area contributed by atoms with Crippen molar-refractivity contribution < 1.29 is 14.1 Å². The van der Waals surface area contributed by atoms with Gasteiger partial charge in [-0.1, -0.05) is 6.92 Å². The van der Waals surface area contributed by atoms with Crippen LogP contribution in [0.3, 0.4) is 0 Å². The average Bonchev–Trinajstić information content (AvgIpc) is 2.46. The molecule has 0 fully saturated rings. The van der Waals surface area contributed by atoms with Gasteiger partial charge in [0.05, 0.1) is 17.2 Å². The standard InChI is InChI=1S/C14H13FN2O3/c1-2-7-20-14-6-3-10(15)8-12(14)13-5-4-11(9-16-13)17(18)19/h3-6,8-9H,2,7H2,1H3. The number of benzene rings is 1. The SMILES string of the molecule is CCCOc1ccc(F)cc1-c1ccc([N+](=O)[O-])cn1. The Morgan fingerprint density at radius 3 is 2.75 bits per heavy atom. The predicted octanol–water partition coefficient (Wildman–Crippen LogP) is 3.58. The van der Waals surface area contributed by atoms with Crippen LogP contribution in [0.2, 0.25) is 0 Å². The Morgan fingerprint density at radius 1 is 1.35 bits per heavy atom. The van der Waals surface area contributed by atoms with E-state index < -0.39 is 10.7 Å². The van der Waals surface area contributed by atoms with E-state index in [-0.39, 0.29) is 5.69 Å². The summed E-state index contributed by atoms with van der Waals surface area (Å²) in [6.07, 6.45) is 1.97. The van der Waals surface area contributed by atoms with Gasteiger partial charge in [-0.15, -0.1) is 0 Å². The van der Waals surface area contributed by atoms with E-state index in [1.165, 1.54) is 30.3 Å². The fourth-order valence-corrected chi connectivity index (χ4v) is 1.69. The van der Waals surface area contributed by atoms with Crippen LogP contribution in [0.5, 0.6) is 5.75 Å². The molecule has 0 aliphatic heterocycles. The van der Waals surface area contributed by atoms with Crippen LogP contribution in [0.25, 0.3) is 11.3 Å². The van der Waals surface area contributed by atoms with Gasteiger partial charge in [0.2, 0.25) is 0 Å². The van der Waals surface area contributed by atoms with E-state index in [1.807, 2.05) is 6.92 Å². The van der Waals surface area contributed by atoms with Gasteiger partial charge in [-0.05, 0) is 30.7 Å². The molecule has 6 heteroatoms. The summed E-state index contributed by atoms with van der Waals surface area (Å²) in [4.78, 5) is 14.1. The van der Waals surface area contributed by atoms with Crippen molar-refractivity contribution in [2.75, 3.05) is 6.61 Å².